The lowest BCUT2D eigenvalue weighted by molar-refractivity contribution is -0.141. The minimum absolute atomic E-state index is 0.0147. The third-order valence-corrected chi connectivity index (χ3v) is 9.50. The Labute approximate surface area is 266 Å². The number of rotatable bonds is 14. The lowest BCUT2D eigenvalue weighted by atomic mass is 10.0. The molecule has 0 aliphatic heterocycles. The maximum Gasteiger partial charge on any atom is 0.243 e. The highest BCUT2D eigenvalue weighted by molar-refractivity contribution is 7.92. The van der Waals surface area contributed by atoms with E-state index in [0.29, 0.717) is 21.3 Å². The minimum Gasteiger partial charge on any atom is -0.352 e. The van der Waals surface area contributed by atoms with E-state index in [0.717, 1.165) is 29.4 Å². The molecule has 0 bridgehead atoms. The van der Waals surface area contributed by atoms with E-state index < -0.39 is 16.1 Å². The number of aryl methyl sites for hydroxylation is 2. The van der Waals surface area contributed by atoms with Gasteiger partial charge in [0.05, 0.1) is 11.9 Å². The number of carbonyl (C=O) groups excluding carboxylic acids is 2. The van der Waals surface area contributed by atoms with Crippen LogP contribution in [-0.4, -0.2) is 50.0 Å². The number of amides is 2. The van der Waals surface area contributed by atoms with Crippen LogP contribution in [0.2, 0.25) is 10.0 Å². The maximum absolute atomic E-state index is 14.0. The van der Waals surface area contributed by atoms with E-state index in [1.54, 1.807) is 24.3 Å². The Morgan fingerprint density at radius 1 is 0.930 bits per heavy atom. The molecule has 7 nitrogen and oxygen atoms in total. The second kappa shape index (κ2) is 15.6. The molecule has 2 atom stereocenters. The summed E-state index contributed by atoms with van der Waals surface area (Å²) >= 11 is 13.0. The van der Waals surface area contributed by atoms with Crippen LogP contribution in [0.1, 0.15) is 55.4 Å². The number of hydrogen-bond donors (Lipinski definition) is 1. The Kier molecular flexibility index (Phi) is 12.5. The van der Waals surface area contributed by atoms with E-state index in [2.05, 4.69) is 5.32 Å². The molecule has 3 aromatic rings. The van der Waals surface area contributed by atoms with Crippen molar-refractivity contribution in [3.05, 3.63) is 99.0 Å². The lowest BCUT2D eigenvalue weighted by Gasteiger charge is -2.33. The SMILES string of the molecule is CC[C@@H](C)NC(=O)[C@H](Cc1ccccc1)N(Cc1c(Cl)cccc1Cl)C(=O)CCCN(c1ccc(C)c(C)c1)S(C)(=O)=O. The first-order valence-corrected chi connectivity index (χ1v) is 17.0. The van der Waals surface area contributed by atoms with Gasteiger partial charge in [-0.1, -0.05) is 72.6 Å². The average molecular weight is 647 g/mol. The first-order chi connectivity index (χ1) is 20.3. The molecule has 0 fully saturated rings. The summed E-state index contributed by atoms with van der Waals surface area (Å²) in [4.78, 5) is 29.3. The van der Waals surface area contributed by atoms with E-state index in [1.807, 2.05) is 70.2 Å². The Bertz CT molecular complexity index is 1500. The molecule has 0 spiro atoms. The van der Waals surface area contributed by atoms with Gasteiger partial charge in [-0.05, 0) is 74.6 Å². The zero-order valence-corrected chi connectivity index (χ0v) is 27.8. The third kappa shape index (κ3) is 9.71. The van der Waals surface area contributed by atoms with Crippen molar-refractivity contribution in [2.24, 2.45) is 0 Å². The highest BCUT2D eigenvalue weighted by Crippen LogP contribution is 2.28. The first kappa shape index (κ1) is 34.4. The van der Waals surface area contributed by atoms with Crippen LogP contribution >= 0.6 is 23.2 Å². The number of nitrogens with one attached hydrogen (secondary N) is 1. The topological polar surface area (TPSA) is 86.8 Å². The molecule has 43 heavy (non-hydrogen) atoms. The molecule has 0 unspecified atom stereocenters. The van der Waals surface area contributed by atoms with Gasteiger partial charge in [0.25, 0.3) is 0 Å². The second-order valence-corrected chi connectivity index (χ2v) is 13.7. The molecule has 0 heterocycles. The number of hydrogen-bond acceptors (Lipinski definition) is 4. The number of nitrogens with zero attached hydrogens (tertiary/aromatic N) is 2. The van der Waals surface area contributed by atoms with Crippen molar-refractivity contribution in [2.75, 3.05) is 17.1 Å². The predicted molar refractivity (Wildman–Crippen MR) is 176 cm³/mol. The lowest BCUT2D eigenvalue weighted by Crippen LogP contribution is -2.52. The van der Waals surface area contributed by atoms with E-state index in [9.17, 15) is 18.0 Å². The molecule has 232 valence electrons. The average Bonchev–Trinajstić information content (AvgIpc) is 2.95. The molecule has 0 aliphatic rings. The summed E-state index contributed by atoms with van der Waals surface area (Å²) in [7, 11) is -3.60. The molecular weight excluding hydrogens is 605 g/mol. The predicted octanol–water partition coefficient (Wildman–Crippen LogP) is 6.71. The van der Waals surface area contributed by atoms with Crippen molar-refractivity contribution in [1.29, 1.82) is 0 Å². The van der Waals surface area contributed by atoms with Crippen molar-refractivity contribution in [1.82, 2.24) is 10.2 Å². The second-order valence-electron chi connectivity index (χ2n) is 11.0. The van der Waals surface area contributed by atoms with Crippen molar-refractivity contribution in [3.63, 3.8) is 0 Å². The summed E-state index contributed by atoms with van der Waals surface area (Å²) in [6.07, 6.45) is 2.44. The van der Waals surface area contributed by atoms with E-state index >= 15 is 0 Å². The van der Waals surface area contributed by atoms with Gasteiger partial charge in [-0.15, -0.1) is 0 Å². The van der Waals surface area contributed by atoms with Crippen LogP contribution in [0.3, 0.4) is 0 Å². The number of sulfonamides is 1. The molecule has 3 rings (SSSR count). The molecule has 3 aromatic carbocycles. The van der Waals surface area contributed by atoms with Gasteiger partial charge >= 0.3 is 0 Å². The molecule has 0 radical (unpaired) electrons. The van der Waals surface area contributed by atoms with Crippen LogP contribution in [0.5, 0.6) is 0 Å². The quantitative estimate of drug-likeness (QED) is 0.211. The normalized spacial score (nSPS) is 12.8. The van der Waals surface area contributed by atoms with Gasteiger partial charge < -0.3 is 10.2 Å². The van der Waals surface area contributed by atoms with Crippen LogP contribution in [0.15, 0.2) is 66.7 Å². The molecular formula is C33H41Cl2N3O4S. The highest BCUT2D eigenvalue weighted by atomic mass is 35.5. The number of halogens is 2. The van der Waals surface area contributed by atoms with Crippen molar-refractivity contribution < 1.29 is 18.0 Å². The standard InChI is InChI=1S/C33H41Cl2N3O4S/c1-6-25(4)36-33(40)31(21-26-12-8-7-9-13-26)37(22-28-29(34)14-10-15-30(28)35)32(39)16-11-19-38(43(5,41)42)27-18-17-23(2)24(3)20-27/h7-10,12-15,17-18,20,25,31H,6,11,16,19,21-22H2,1-5H3,(H,36,40)/t25-,31+/m1/s1. The minimum atomic E-state index is -3.60. The van der Waals surface area contributed by atoms with Crippen molar-refractivity contribution in [3.8, 4) is 0 Å². The van der Waals surface area contributed by atoms with E-state index in [1.165, 1.54) is 9.21 Å². The fourth-order valence-electron chi connectivity index (χ4n) is 4.73. The van der Waals surface area contributed by atoms with Crippen LogP contribution < -0.4 is 9.62 Å². The summed E-state index contributed by atoms with van der Waals surface area (Å²) in [5.41, 5.74) is 4.02. The van der Waals surface area contributed by atoms with Crippen molar-refractivity contribution in [2.45, 2.75) is 72.0 Å². The summed E-state index contributed by atoms with van der Waals surface area (Å²) in [5.74, 6) is -0.577. The molecule has 10 heteroatoms. The molecule has 2 amide bonds. The molecule has 0 aliphatic carbocycles. The molecule has 1 N–H and O–H groups in total. The zero-order valence-electron chi connectivity index (χ0n) is 25.4. The summed E-state index contributed by atoms with van der Waals surface area (Å²) in [6, 6.07) is 19.2. The van der Waals surface area contributed by atoms with Gasteiger partial charge in [0.1, 0.15) is 6.04 Å². The largest absolute Gasteiger partial charge is 0.352 e. The summed E-state index contributed by atoms with van der Waals surface area (Å²) in [6.45, 7) is 7.92. The summed E-state index contributed by atoms with van der Waals surface area (Å²) in [5, 5.41) is 3.82. The fourth-order valence-corrected chi connectivity index (χ4v) is 6.21. The van der Waals surface area contributed by atoms with E-state index in [-0.39, 0.29) is 50.2 Å². The Morgan fingerprint density at radius 2 is 1.58 bits per heavy atom. The van der Waals surface area contributed by atoms with E-state index in [4.69, 9.17) is 23.2 Å². The maximum atomic E-state index is 14.0. The Balaban J connectivity index is 1.94. The van der Waals surface area contributed by atoms with Crippen LogP contribution in [0.25, 0.3) is 0 Å². The van der Waals surface area contributed by atoms with Crippen LogP contribution in [0, 0.1) is 13.8 Å². The monoisotopic (exact) mass is 645 g/mol. The first-order valence-electron chi connectivity index (χ1n) is 14.4. The Hall–Kier alpha value is -3.07. The van der Waals surface area contributed by atoms with Gasteiger partial charge in [0, 0.05) is 47.6 Å². The number of benzene rings is 3. The zero-order chi connectivity index (χ0) is 31.7. The molecule has 0 saturated carbocycles. The molecule has 0 saturated heterocycles. The van der Waals surface area contributed by atoms with Gasteiger partial charge in [0.2, 0.25) is 21.8 Å². The third-order valence-electron chi connectivity index (χ3n) is 7.59. The fraction of sp³-hybridized carbons (Fsp3) is 0.394. The van der Waals surface area contributed by atoms with Crippen LogP contribution in [0.4, 0.5) is 5.69 Å². The summed E-state index contributed by atoms with van der Waals surface area (Å²) < 4.78 is 26.8. The van der Waals surface area contributed by atoms with Gasteiger partial charge in [-0.25, -0.2) is 8.42 Å². The van der Waals surface area contributed by atoms with Gasteiger partial charge in [0.15, 0.2) is 0 Å². The highest BCUT2D eigenvalue weighted by Gasteiger charge is 2.32. The molecule has 0 aromatic heterocycles. The smallest absolute Gasteiger partial charge is 0.243 e. The van der Waals surface area contributed by atoms with Crippen molar-refractivity contribution >= 4 is 50.7 Å². The number of anilines is 1. The Morgan fingerprint density at radius 3 is 2.16 bits per heavy atom. The van der Waals surface area contributed by atoms with Gasteiger partial charge in [-0.2, -0.15) is 0 Å². The number of carbonyl (C=O) groups is 2. The van der Waals surface area contributed by atoms with Gasteiger partial charge in [-0.3, -0.25) is 13.9 Å². The van der Waals surface area contributed by atoms with Crippen LogP contribution in [-0.2, 0) is 32.6 Å².